The number of nitrogens with one attached hydrogen (secondary N) is 2. The summed E-state index contributed by atoms with van der Waals surface area (Å²) in [5.74, 6) is 1.07. The molecule has 5 heteroatoms. The molecule has 0 aliphatic rings. The summed E-state index contributed by atoms with van der Waals surface area (Å²) < 4.78 is 5.12. The van der Waals surface area contributed by atoms with Crippen molar-refractivity contribution in [1.29, 1.82) is 0 Å². The maximum atomic E-state index is 12.2. The van der Waals surface area contributed by atoms with Gasteiger partial charge in [0, 0.05) is 25.1 Å². The zero-order valence-electron chi connectivity index (χ0n) is 17.1. The average Bonchev–Trinajstić information content (AvgIpc) is 2.67. The van der Waals surface area contributed by atoms with Crippen molar-refractivity contribution in [1.82, 2.24) is 5.32 Å². The molecule has 0 aromatic heterocycles. The summed E-state index contributed by atoms with van der Waals surface area (Å²) in [7, 11) is 1.62. The molecule has 2 rings (SSSR count). The Bertz CT molecular complexity index is 767. The van der Waals surface area contributed by atoms with Crippen LogP contribution in [0.15, 0.2) is 48.5 Å². The van der Waals surface area contributed by atoms with Crippen molar-refractivity contribution in [3.8, 4) is 5.75 Å². The number of ether oxygens (including phenoxy) is 1. The van der Waals surface area contributed by atoms with Crippen LogP contribution in [-0.4, -0.2) is 18.9 Å². The first-order valence-electron chi connectivity index (χ1n) is 9.66. The van der Waals surface area contributed by atoms with Gasteiger partial charge in [-0.05, 0) is 47.2 Å². The Morgan fingerprint density at radius 1 is 0.893 bits per heavy atom. The second-order valence-electron chi connectivity index (χ2n) is 7.46. The molecule has 2 amide bonds. The zero-order chi connectivity index (χ0) is 20.5. The van der Waals surface area contributed by atoms with Crippen LogP contribution < -0.4 is 15.4 Å². The van der Waals surface area contributed by atoms with E-state index in [9.17, 15) is 9.59 Å². The normalized spacial score (nSPS) is 11.8. The summed E-state index contributed by atoms with van der Waals surface area (Å²) in [5.41, 5.74) is 3.02. The van der Waals surface area contributed by atoms with Crippen molar-refractivity contribution in [3.63, 3.8) is 0 Å². The molecule has 0 radical (unpaired) electrons. The highest BCUT2D eigenvalue weighted by atomic mass is 16.5. The molecule has 0 heterocycles. The summed E-state index contributed by atoms with van der Waals surface area (Å²) in [4.78, 5) is 24.3. The van der Waals surface area contributed by atoms with Crippen LogP contribution in [0.1, 0.15) is 50.7 Å². The van der Waals surface area contributed by atoms with Gasteiger partial charge in [0.2, 0.25) is 11.8 Å². The van der Waals surface area contributed by atoms with Gasteiger partial charge < -0.3 is 15.4 Å². The largest absolute Gasteiger partial charge is 0.497 e. The highest BCUT2D eigenvalue weighted by Crippen LogP contribution is 2.18. The van der Waals surface area contributed by atoms with E-state index in [1.807, 2.05) is 55.5 Å². The van der Waals surface area contributed by atoms with Crippen LogP contribution in [0, 0.1) is 5.92 Å². The van der Waals surface area contributed by atoms with Gasteiger partial charge in [-0.2, -0.15) is 0 Å². The second kappa shape index (κ2) is 10.5. The fraction of sp³-hybridized carbons (Fsp3) is 0.391. The number of benzene rings is 2. The molecule has 2 aromatic rings. The Kier molecular flexibility index (Phi) is 8.05. The molecule has 2 N–H and O–H groups in total. The van der Waals surface area contributed by atoms with Crippen LogP contribution in [0.4, 0.5) is 5.69 Å². The van der Waals surface area contributed by atoms with E-state index in [-0.39, 0.29) is 17.7 Å². The van der Waals surface area contributed by atoms with E-state index in [0.717, 1.165) is 17.0 Å². The summed E-state index contributed by atoms with van der Waals surface area (Å²) >= 11 is 0. The molecule has 0 bridgehead atoms. The van der Waals surface area contributed by atoms with Gasteiger partial charge in [0.25, 0.3) is 0 Å². The number of hydrogen-bond acceptors (Lipinski definition) is 3. The molecular formula is C23H30N2O3. The Hall–Kier alpha value is -2.82. The first-order chi connectivity index (χ1) is 13.4. The molecule has 0 aliphatic heterocycles. The van der Waals surface area contributed by atoms with Crippen LogP contribution in [0.2, 0.25) is 0 Å². The van der Waals surface area contributed by atoms with Crippen LogP contribution in [-0.2, 0) is 16.1 Å². The molecule has 0 aliphatic carbocycles. The summed E-state index contributed by atoms with van der Waals surface area (Å²) in [6.45, 7) is 6.64. The van der Waals surface area contributed by atoms with Crippen LogP contribution in [0.3, 0.4) is 0 Å². The summed E-state index contributed by atoms with van der Waals surface area (Å²) in [6.07, 6.45) is 0.623. The van der Waals surface area contributed by atoms with Gasteiger partial charge in [-0.25, -0.2) is 0 Å². The quantitative estimate of drug-likeness (QED) is 0.671. The Morgan fingerprint density at radius 3 is 2.07 bits per heavy atom. The number of rotatable bonds is 9. The maximum absolute atomic E-state index is 12.2. The van der Waals surface area contributed by atoms with Gasteiger partial charge >= 0.3 is 0 Å². The molecule has 28 heavy (non-hydrogen) atoms. The van der Waals surface area contributed by atoms with Gasteiger partial charge in [-0.1, -0.05) is 45.0 Å². The lowest BCUT2D eigenvalue weighted by molar-refractivity contribution is -0.122. The molecular weight excluding hydrogens is 352 g/mol. The number of carbonyl (C=O) groups excluding carboxylic acids is 2. The number of carbonyl (C=O) groups is 2. The maximum Gasteiger partial charge on any atom is 0.224 e. The SMILES string of the molecule is COc1ccc(CNC(=O)C[C@@H](C)CC(=O)Nc2ccc(C(C)C)cc2)cc1. The molecule has 0 saturated carbocycles. The van der Waals surface area contributed by atoms with E-state index in [1.54, 1.807) is 7.11 Å². The van der Waals surface area contributed by atoms with E-state index >= 15 is 0 Å². The van der Waals surface area contributed by atoms with Crippen molar-refractivity contribution in [2.24, 2.45) is 5.92 Å². The van der Waals surface area contributed by atoms with E-state index in [1.165, 1.54) is 5.56 Å². The molecule has 150 valence electrons. The van der Waals surface area contributed by atoms with Crippen molar-refractivity contribution < 1.29 is 14.3 Å². The lowest BCUT2D eigenvalue weighted by atomic mass is 10.0. The number of methoxy groups -OCH3 is 1. The third kappa shape index (κ3) is 7.06. The minimum Gasteiger partial charge on any atom is -0.497 e. The van der Waals surface area contributed by atoms with Gasteiger partial charge in [0.1, 0.15) is 5.75 Å². The lowest BCUT2D eigenvalue weighted by Gasteiger charge is -2.13. The van der Waals surface area contributed by atoms with Crippen LogP contribution in [0.25, 0.3) is 0 Å². The van der Waals surface area contributed by atoms with Gasteiger partial charge in [0.05, 0.1) is 7.11 Å². The highest BCUT2D eigenvalue weighted by Gasteiger charge is 2.14. The number of anilines is 1. The third-order valence-electron chi connectivity index (χ3n) is 4.58. The fourth-order valence-electron chi connectivity index (χ4n) is 2.88. The van der Waals surface area contributed by atoms with Crippen LogP contribution in [0.5, 0.6) is 5.75 Å². The molecule has 0 unspecified atom stereocenters. The fourth-order valence-corrected chi connectivity index (χ4v) is 2.88. The summed E-state index contributed by atoms with van der Waals surface area (Å²) in [5, 5.41) is 5.79. The standard InChI is InChI=1S/C23H30N2O3/c1-16(2)19-7-9-20(10-8-19)25-23(27)14-17(3)13-22(26)24-15-18-5-11-21(28-4)12-6-18/h5-12,16-17H,13-15H2,1-4H3,(H,24,26)(H,25,27)/t17-/m1/s1. The van der Waals surface area contributed by atoms with Crippen molar-refractivity contribution in [2.75, 3.05) is 12.4 Å². The first kappa shape index (κ1) is 21.5. The Morgan fingerprint density at radius 2 is 1.50 bits per heavy atom. The van der Waals surface area contributed by atoms with Gasteiger partial charge in [0.15, 0.2) is 0 Å². The number of hydrogen-bond donors (Lipinski definition) is 2. The predicted octanol–water partition coefficient (Wildman–Crippen LogP) is 4.49. The Labute approximate surface area is 167 Å². The smallest absolute Gasteiger partial charge is 0.224 e. The van der Waals surface area contributed by atoms with Crippen molar-refractivity contribution in [3.05, 3.63) is 59.7 Å². The number of amides is 2. The topological polar surface area (TPSA) is 67.4 Å². The van der Waals surface area contributed by atoms with Crippen LogP contribution >= 0.6 is 0 Å². The monoisotopic (exact) mass is 382 g/mol. The minimum absolute atomic E-state index is 0.0363. The molecule has 0 fully saturated rings. The second-order valence-corrected chi connectivity index (χ2v) is 7.46. The molecule has 1 atom stereocenters. The predicted molar refractivity (Wildman–Crippen MR) is 112 cm³/mol. The van der Waals surface area contributed by atoms with E-state index in [2.05, 4.69) is 24.5 Å². The molecule has 0 saturated heterocycles. The van der Waals surface area contributed by atoms with Crippen molar-refractivity contribution in [2.45, 2.75) is 46.1 Å². The van der Waals surface area contributed by atoms with E-state index in [0.29, 0.717) is 25.3 Å². The minimum atomic E-state index is -0.0762. The highest BCUT2D eigenvalue weighted by molar-refractivity contribution is 5.91. The first-order valence-corrected chi connectivity index (χ1v) is 9.66. The van der Waals surface area contributed by atoms with E-state index < -0.39 is 0 Å². The zero-order valence-corrected chi connectivity index (χ0v) is 17.1. The average molecular weight is 383 g/mol. The van der Waals surface area contributed by atoms with Crippen molar-refractivity contribution >= 4 is 17.5 Å². The van der Waals surface area contributed by atoms with Gasteiger partial charge in [-0.15, -0.1) is 0 Å². The molecule has 5 nitrogen and oxygen atoms in total. The Balaban J connectivity index is 1.73. The lowest BCUT2D eigenvalue weighted by Crippen LogP contribution is -2.26. The van der Waals surface area contributed by atoms with Gasteiger partial charge in [-0.3, -0.25) is 9.59 Å². The molecule has 0 spiro atoms. The third-order valence-corrected chi connectivity index (χ3v) is 4.58. The van der Waals surface area contributed by atoms with E-state index in [4.69, 9.17) is 4.74 Å². The molecule has 2 aromatic carbocycles. The summed E-state index contributed by atoms with van der Waals surface area (Å²) in [6, 6.07) is 15.4.